The van der Waals surface area contributed by atoms with E-state index in [1.807, 2.05) is 0 Å². The number of hydrogen-bond acceptors (Lipinski definition) is 2. The number of rotatable bonds is 16. The molecule has 0 saturated carbocycles. The molecule has 0 rings (SSSR count). The Labute approximate surface area is 145 Å². The van der Waals surface area contributed by atoms with Gasteiger partial charge in [0.25, 0.3) is 0 Å². The maximum Gasteiger partial charge on any atom is 0.330 e. The molecule has 0 aromatic rings. The number of carbonyl (C=O) groups excluding carboxylic acids is 1. The Morgan fingerprint density at radius 2 is 1.39 bits per heavy atom. The minimum absolute atomic E-state index is 0.0869. The van der Waals surface area contributed by atoms with Gasteiger partial charge in [-0.1, -0.05) is 85.1 Å². The second kappa shape index (κ2) is 16.1. The summed E-state index contributed by atoms with van der Waals surface area (Å²) >= 11 is 0. The van der Waals surface area contributed by atoms with E-state index in [0.29, 0.717) is 0 Å². The van der Waals surface area contributed by atoms with Crippen molar-refractivity contribution in [2.24, 2.45) is 5.92 Å². The lowest BCUT2D eigenvalue weighted by atomic mass is 10.00. The van der Waals surface area contributed by atoms with Gasteiger partial charge in [0, 0.05) is 6.08 Å². The molecule has 2 nitrogen and oxygen atoms in total. The minimum Gasteiger partial charge on any atom is -0.459 e. The van der Waals surface area contributed by atoms with Gasteiger partial charge in [0.15, 0.2) is 0 Å². The van der Waals surface area contributed by atoms with Gasteiger partial charge in [-0.25, -0.2) is 4.79 Å². The molecule has 0 radical (unpaired) electrons. The van der Waals surface area contributed by atoms with Crippen molar-refractivity contribution in [3.63, 3.8) is 0 Å². The summed E-state index contributed by atoms with van der Waals surface area (Å²) in [7, 11) is 0. The first-order valence-electron chi connectivity index (χ1n) is 9.93. The topological polar surface area (TPSA) is 26.3 Å². The summed E-state index contributed by atoms with van der Waals surface area (Å²) in [5, 5.41) is 0. The summed E-state index contributed by atoms with van der Waals surface area (Å²) in [5.41, 5.74) is 0. The highest BCUT2D eigenvalue weighted by Crippen LogP contribution is 2.17. The van der Waals surface area contributed by atoms with Crippen LogP contribution in [0.1, 0.15) is 104 Å². The quantitative estimate of drug-likeness (QED) is 0.177. The van der Waals surface area contributed by atoms with Crippen molar-refractivity contribution in [2.75, 3.05) is 0 Å². The Morgan fingerprint density at radius 1 is 0.870 bits per heavy atom. The van der Waals surface area contributed by atoms with Crippen LogP contribution < -0.4 is 0 Å². The predicted octanol–water partition coefficient (Wildman–Crippen LogP) is 6.83. The third kappa shape index (κ3) is 15.9. The summed E-state index contributed by atoms with van der Waals surface area (Å²) in [6, 6.07) is 0. The molecule has 0 N–H and O–H groups in total. The second-order valence-electron chi connectivity index (χ2n) is 7.20. The van der Waals surface area contributed by atoms with Crippen LogP contribution in [0.4, 0.5) is 0 Å². The molecule has 1 unspecified atom stereocenters. The van der Waals surface area contributed by atoms with E-state index >= 15 is 0 Å². The van der Waals surface area contributed by atoms with Gasteiger partial charge in [-0.3, -0.25) is 0 Å². The molecule has 23 heavy (non-hydrogen) atoms. The number of unbranched alkanes of at least 4 members (excludes halogenated alkanes) is 8. The van der Waals surface area contributed by atoms with E-state index in [1.165, 1.54) is 70.3 Å². The van der Waals surface area contributed by atoms with Gasteiger partial charge in [0.1, 0.15) is 6.10 Å². The van der Waals surface area contributed by atoms with Crippen molar-refractivity contribution in [1.82, 2.24) is 0 Å². The molecule has 0 amide bonds. The molecular weight excluding hydrogens is 284 g/mol. The lowest BCUT2D eigenvalue weighted by molar-refractivity contribution is -0.143. The molecular formula is C21H40O2. The van der Waals surface area contributed by atoms with Crippen LogP contribution >= 0.6 is 0 Å². The van der Waals surface area contributed by atoms with Crippen LogP contribution in [0, 0.1) is 5.92 Å². The minimum atomic E-state index is -0.268. The normalized spacial score (nSPS) is 12.3. The van der Waals surface area contributed by atoms with Crippen molar-refractivity contribution < 1.29 is 9.53 Å². The van der Waals surface area contributed by atoms with E-state index in [0.717, 1.165) is 25.2 Å². The molecule has 0 aliphatic carbocycles. The Hall–Kier alpha value is -0.790. The van der Waals surface area contributed by atoms with Gasteiger partial charge >= 0.3 is 5.97 Å². The molecule has 136 valence electrons. The van der Waals surface area contributed by atoms with Crippen molar-refractivity contribution in [3.8, 4) is 0 Å². The van der Waals surface area contributed by atoms with E-state index in [4.69, 9.17) is 4.74 Å². The smallest absolute Gasteiger partial charge is 0.330 e. The average molecular weight is 325 g/mol. The fraction of sp³-hybridized carbons (Fsp3) is 0.857. The molecule has 0 fully saturated rings. The Balaban J connectivity index is 3.73. The lowest BCUT2D eigenvalue weighted by Gasteiger charge is -2.17. The molecule has 0 aliphatic heterocycles. The molecule has 1 atom stereocenters. The van der Waals surface area contributed by atoms with Crippen LogP contribution in [0.2, 0.25) is 0 Å². The van der Waals surface area contributed by atoms with E-state index in [9.17, 15) is 4.79 Å². The highest BCUT2D eigenvalue weighted by Gasteiger charge is 2.12. The molecule has 0 bridgehead atoms. The van der Waals surface area contributed by atoms with E-state index < -0.39 is 0 Å². The van der Waals surface area contributed by atoms with E-state index in [-0.39, 0.29) is 12.1 Å². The van der Waals surface area contributed by atoms with Crippen molar-refractivity contribution >= 4 is 5.97 Å². The van der Waals surface area contributed by atoms with E-state index in [1.54, 1.807) is 0 Å². The van der Waals surface area contributed by atoms with Crippen LogP contribution in [0.5, 0.6) is 0 Å². The fourth-order valence-electron chi connectivity index (χ4n) is 2.91. The summed E-state index contributed by atoms with van der Waals surface area (Å²) in [4.78, 5) is 11.4. The van der Waals surface area contributed by atoms with Gasteiger partial charge < -0.3 is 4.74 Å². The fourth-order valence-corrected chi connectivity index (χ4v) is 2.91. The Bertz CT molecular complexity index is 284. The maximum absolute atomic E-state index is 11.4. The van der Waals surface area contributed by atoms with E-state index in [2.05, 4.69) is 27.4 Å². The number of esters is 1. The van der Waals surface area contributed by atoms with Crippen LogP contribution in [0.15, 0.2) is 12.7 Å². The standard InChI is InChI=1S/C21H40O2/c1-5-7-8-9-10-11-12-13-14-17-20(23-21(22)6-2)18-15-16-19(3)4/h6,19-20H,2,5,7-18H2,1,3-4H3. The van der Waals surface area contributed by atoms with Gasteiger partial charge in [0.2, 0.25) is 0 Å². The zero-order chi connectivity index (χ0) is 17.3. The summed E-state index contributed by atoms with van der Waals surface area (Å²) in [6.45, 7) is 10.2. The van der Waals surface area contributed by atoms with Crippen molar-refractivity contribution in [2.45, 2.75) is 110 Å². The zero-order valence-electron chi connectivity index (χ0n) is 15.9. The first-order valence-corrected chi connectivity index (χ1v) is 9.93. The maximum atomic E-state index is 11.4. The summed E-state index contributed by atoms with van der Waals surface area (Å²) in [5.74, 6) is 0.453. The largest absolute Gasteiger partial charge is 0.459 e. The Kier molecular flexibility index (Phi) is 15.5. The van der Waals surface area contributed by atoms with Crippen LogP contribution in [0.25, 0.3) is 0 Å². The lowest BCUT2D eigenvalue weighted by Crippen LogP contribution is -2.17. The molecule has 0 aromatic carbocycles. The number of ether oxygens (including phenoxy) is 1. The highest BCUT2D eigenvalue weighted by atomic mass is 16.5. The molecule has 0 saturated heterocycles. The highest BCUT2D eigenvalue weighted by molar-refractivity contribution is 5.81. The monoisotopic (exact) mass is 324 g/mol. The molecule has 0 heterocycles. The van der Waals surface area contributed by atoms with Crippen LogP contribution in [0.3, 0.4) is 0 Å². The predicted molar refractivity (Wildman–Crippen MR) is 101 cm³/mol. The first-order chi connectivity index (χ1) is 11.1. The molecule has 0 aromatic heterocycles. The Morgan fingerprint density at radius 3 is 1.91 bits per heavy atom. The van der Waals surface area contributed by atoms with Gasteiger partial charge in [-0.05, 0) is 31.6 Å². The summed E-state index contributed by atoms with van der Waals surface area (Å²) in [6.07, 6.45) is 17.7. The average Bonchev–Trinajstić information content (AvgIpc) is 2.52. The summed E-state index contributed by atoms with van der Waals surface area (Å²) < 4.78 is 5.50. The molecule has 0 spiro atoms. The van der Waals surface area contributed by atoms with Crippen molar-refractivity contribution in [3.05, 3.63) is 12.7 Å². The number of hydrogen-bond donors (Lipinski definition) is 0. The molecule has 2 heteroatoms. The third-order valence-electron chi connectivity index (χ3n) is 4.39. The first kappa shape index (κ1) is 22.2. The van der Waals surface area contributed by atoms with Crippen LogP contribution in [-0.4, -0.2) is 12.1 Å². The molecule has 0 aliphatic rings. The van der Waals surface area contributed by atoms with Gasteiger partial charge in [-0.15, -0.1) is 0 Å². The van der Waals surface area contributed by atoms with Crippen molar-refractivity contribution in [1.29, 1.82) is 0 Å². The third-order valence-corrected chi connectivity index (χ3v) is 4.39. The van der Waals surface area contributed by atoms with Gasteiger partial charge in [-0.2, -0.15) is 0 Å². The second-order valence-corrected chi connectivity index (χ2v) is 7.20. The SMILES string of the molecule is C=CC(=O)OC(CCCCCCCCCCC)CCCC(C)C. The zero-order valence-corrected chi connectivity index (χ0v) is 15.9. The van der Waals surface area contributed by atoms with Crippen LogP contribution in [-0.2, 0) is 9.53 Å². The number of carbonyl (C=O) groups is 1. The van der Waals surface area contributed by atoms with Gasteiger partial charge in [0.05, 0.1) is 0 Å².